The van der Waals surface area contributed by atoms with Gasteiger partial charge in [0.25, 0.3) is 0 Å². The molecular formula is C79H54IrN3O. The fourth-order valence-corrected chi connectivity index (χ4v) is 11.6. The van der Waals surface area contributed by atoms with Crippen molar-refractivity contribution < 1.29 is 24.5 Å². The van der Waals surface area contributed by atoms with Crippen LogP contribution in [0.5, 0.6) is 0 Å². The van der Waals surface area contributed by atoms with Crippen LogP contribution in [0.3, 0.4) is 0 Å². The quantitative estimate of drug-likeness (QED) is 0.0960. The molecule has 4 aromatic heterocycles. The maximum Gasteiger partial charge on any atom is 3.00 e. The number of pyridine rings is 3. The molecule has 4 heterocycles. The van der Waals surface area contributed by atoms with Crippen LogP contribution in [-0.4, -0.2) is 15.0 Å². The molecule has 0 N–H and O–H groups in total. The van der Waals surface area contributed by atoms with Gasteiger partial charge in [-0.25, -0.2) is 0 Å². The zero-order valence-corrected chi connectivity index (χ0v) is 48.4. The molecule has 0 amide bonds. The van der Waals surface area contributed by atoms with Crippen LogP contribution in [0.25, 0.3) is 122 Å². The molecule has 0 atom stereocenters. The predicted octanol–water partition coefficient (Wildman–Crippen LogP) is 19.7. The van der Waals surface area contributed by atoms with Crippen LogP contribution in [0.1, 0.15) is 22.3 Å². The van der Waals surface area contributed by atoms with E-state index in [0.717, 1.165) is 115 Å². The van der Waals surface area contributed by atoms with Crippen LogP contribution in [0, 0.1) is 18.2 Å². The molecule has 0 saturated heterocycles. The summed E-state index contributed by atoms with van der Waals surface area (Å²) in [6.45, 7) is 0. The largest absolute Gasteiger partial charge is 3.00 e. The number of aromatic nitrogens is 3. The summed E-state index contributed by atoms with van der Waals surface area (Å²) < 4.78 is 6.51. The Morgan fingerprint density at radius 1 is 0.286 bits per heavy atom. The molecule has 0 bridgehead atoms. The Balaban J connectivity index is 0.00000658. The van der Waals surface area contributed by atoms with E-state index in [1.807, 2.05) is 54.7 Å². The first kappa shape index (κ1) is 53.4. The van der Waals surface area contributed by atoms with Gasteiger partial charge >= 0.3 is 20.1 Å². The van der Waals surface area contributed by atoms with Crippen molar-refractivity contribution in [3.8, 4) is 101 Å². The van der Waals surface area contributed by atoms with Crippen molar-refractivity contribution in [3.05, 3.63) is 320 Å². The van der Waals surface area contributed by atoms with E-state index >= 15 is 0 Å². The zero-order chi connectivity index (χ0) is 55.3. The topological polar surface area (TPSA) is 51.8 Å². The van der Waals surface area contributed by atoms with Crippen molar-refractivity contribution in [2.75, 3.05) is 0 Å². The molecule has 10 aromatic carbocycles. The van der Waals surface area contributed by atoms with Crippen LogP contribution in [-0.2, 0) is 45.8 Å². The van der Waals surface area contributed by atoms with E-state index in [4.69, 9.17) is 19.4 Å². The Kier molecular flexibility index (Phi) is 15.4. The number of hydrogen-bond donors (Lipinski definition) is 0. The van der Waals surface area contributed by atoms with Gasteiger partial charge in [0, 0.05) is 29.4 Å². The number of rotatable bonds is 15. The van der Waals surface area contributed by atoms with Gasteiger partial charge in [0.1, 0.15) is 11.2 Å². The summed E-state index contributed by atoms with van der Waals surface area (Å²) in [4.78, 5) is 15.2. The summed E-state index contributed by atoms with van der Waals surface area (Å²) in [5.74, 6) is 0. The Hall–Kier alpha value is -9.90. The van der Waals surface area contributed by atoms with Crippen molar-refractivity contribution in [1.82, 2.24) is 15.0 Å². The SMILES string of the molecule is [Ir+3].[c-]1ccccc1-c1cc(-c2ccccc2)c(CCc2cc(CCc3cnc(-c4[c-]cccc4)cc3-c3ccccc3)cc(-c3ccccc3-c3ccc(-c4[c-]ccc(-c5ccc6c(c5)oc5cc(-c7ccccc7)ccc56)c4)nc3)c2)cn1. The van der Waals surface area contributed by atoms with E-state index < -0.39 is 0 Å². The minimum atomic E-state index is 0. The number of fused-ring (bicyclic) bond motifs is 3. The third-order valence-corrected chi connectivity index (χ3v) is 15.8. The van der Waals surface area contributed by atoms with Crippen molar-refractivity contribution >= 4 is 21.9 Å². The average molecular weight is 1250 g/mol. The predicted molar refractivity (Wildman–Crippen MR) is 340 cm³/mol. The fourth-order valence-electron chi connectivity index (χ4n) is 11.6. The molecule has 14 aromatic rings. The van der Waals surface area contributed by atoms with Gasteiger partial charge in [-0.05, 0) is 150 Å². The van der Waals surface area contributed by atoms with E-state index in [-0.39, 0.29) is 20.1 Å². The van der Waals surface area contributed by atoms with Crippen molar-refractivity contribution in [1.29, 1.82) is 0 Å². The molecule has 0 spiro atoms. The maximum atomic E-state index is 6.51. The monoisotopic (exact) mass is 1250 g/mol. The molecule has 0 saturated carbocycles. The number of aryl methyl sites for hydroxylation is 4. The molecule has 4 nitrogen and oxygen atoms in total. The van der Waals surface area contributed by atoms with E-state index in [0.29, 0.717) is 0 Å². The normalized spacial score (nSPS) is 11.2. The summed E-state index contributed by atoms with van der Waals surface area (Å²) in [5, 5.41) is 2.21. The smallest absolute Gasteiger partial charge is 0.456 e. The number of furan rings is 1. The van der Waals surface area contributed by atoms with Gasteiger partial charge in [-0.3, -0.25) is 0 Å². The third-order valence-electron chi connectivity index (χ3n) is 15.8. The van der Waals surface area contributed by atoms with Gasteiger partial charge in [0.15, 0.2) is 0 Å². The van der Waals surface area contributed by atoms with Crippen LogP contribution in [0.4, 0.5) is 0 Å². The van der Waals surface area contributed by atoms with Crippen LogP contribution >= 0.6 is 0 Å². The van der Waals surface area contributed by atoms with E-state index in [2.05, 4.69) is 243 Å². The van der Waals surface area contributed by atoms with Gasteiger partial charge in [-0.2, -0.15) is 0 Å². The molecule has 5 heteroatoms. The second-order valence-corrected chi connectivity index (χ2v) is 21.1. The minimum absolute atomic E-state index is 0. The molecule has 14 rings (SSSR count). The molecule has 0 aliphatic rings. The van der Waals surface area contributed by atoms with Crippen LogP contribution < -0.4 is 0 Å². The van der Waals surface area contributed by atoms with Gasteiger partial charge in [0.2, 0.25) is 0 Å². The summed E-state index contributed by atoms with van der Waals surface area (Å²) in [5.41, 5.74) is 25.9. The second-order valence-electron chi connectivity index (χ2n) is 21.1. The minimum Gasteiger partial charge on any atom is -0.456 e. The number of nitrogens with zero attached hydrogens (tertiary/aromatic N) is 3. The zero-order valence-electron chi connectivity index (χ0n) is 46.0. The van der Waals surface area contributed by atoms with E-state index in [1.54, 1.807) is 0 Å². The Morgan fingerprint density at radius 3 is 1.27 bits per heavy atom. The van der Waals surface area contributed by atoms with Gasteiger partial charge in [0.05, 0.1) is 0 Å². The summed E-state index contributed by atoms with van der Waals surface area (Å²) in [6.07, 6.45) is 9.43. The Bertz CT molecular complexity index is 4430. The molecule has 0 radical (unpaired) electrons. The first-order valence-corrected chi connectivity index (χ1v) is 28.4. The van der Waals surface area contributed by atoms with Gasteiger partial charge in [-0.15, -0.1) is 107 Å². The Morgan fingerprint density at radius 2 is 0.750 bits per heavy atom. The molecule has 0 unspecified atom stereocenters. The summed E-state index contributed by atoms with van der Waals surface area (Å²) in [7, 11) is 0. The molecular weight excluding hydrogens is 1200 g/mol. The first-order valence-electron chi connectivity index (χ1n) is 28.4. The van der Waals surface area contributed by atoms with Gasteiger partial charge < -0.3 is 19.4 Å². The average Bonchev–Trinajstić information content (AvgIpc) is 3.88. The first-order chi connectivity index (χ1) is 41.1. The van der Waals surface area contributed by atoms with Crippen molar-refractivity contribution in [3.63, 3.8) is 0 Å². The van der Waals surface area contributed by atoms with Crippen LogP contribution in [0.15, 0.2) is 284 Å². The maximum absolute atomic E-state index is 6.51. The number of hydrogen-bond acceptors (Lipinski definition) is 4. The van der Waals surface area contributed by atoms with Gasteiger partial charge in [-0.1, -0.05) is 170 Å². The molecule has 0 fully saturated rings. The van der Waals surface area contributed by atoms with Crippen molar-refractivity contribution in [2.45, 2.75) is 25.7 Å². The third kappa shape index (κ3) is 11.4. The van der Waals surface area contributed by atoms with E-state index in [9.17, 15) is 0 Å². The Labute approximate surface area is 504 Å². The fraction of sp³-hybridized carbons (Fsp3) is 0.0506. The molecule has 0 aliphatic carbocycles. The summed E-state index contributed by atoms with van der Waals surface area (Å²) in [6, 6.07) is 102. The molecule has 400 valence electrons. The van der Waals surface area contributed by atoms with Crippen molar-refractivity contribution in [2.24, 2.45) is 0 Å². The van der Waals surface area contributed by atoms with E-state index in [1.165, 1.54) is 55.6 Å². The number of benzene rings is 10. The summed E-state index contributed by atoms with van der Waals surface area (Å²) >= 11 is 0. The standard InChI is InChI=1S/C79H54N3O.Ir/c1-6-19-56(20-7-1)62-37-40-71-72-41-38-63(48-79(72)83-78(71)47-62)61-29-18-30-64(46-61)75-42-39-65(51-80-75)69-31-16-17-32-70(69)68-44-54(33-35-66-52-81-76(59-25-12-4-13-26-59)49-73(66)57-21-8-2-9-22-57)43-55(45-68)34-36-67-53-82-77(60-27-14-5-15-28-60)50-74(67)58-23-10-3-11-24-58;/h1-25,27,29,31-32,37-53H,33-36H2;/q-3;+3. The molecule has 0 aliphatic heterocycles. The molecule has 84 heavy (non-hydrogen) atoms. The van der Waals surface area contributed by atoms with Crippen LogP contribution in [0.2, 0.25) is 0 Å². The second kappa shape index (κ2) is 24.3.